The van der Waals surface area contributed by atoms with E-state index in [1.807, 2.05) is 18.2 Å². The van der Waals surface area contributed by atoms with Crippen LogP contribution in [0.1, 0.15) is 103 Å². The van der Waals surface area contributed by atoms with E-state index in [4.69, 9.17) is 23.2 Å². The van der Waals surface area contributed by atoms with Crippen molar-refractivity contribution in [2.75, 3.05) is 17.3 Å². The minimum Gasteiger partial charge on any atom is -0.295 e. The van der Waals surface area contributed by atoms with E-state index in [2.05, 4.69) is 11.9 Å². The number of aromatic nitrogens is 1. The molecule has 0 aromatic carbocycles. The Morgan fingerprint density at radius 3 is 1.97 bits per heavy atom. The van der Waals surface area contributed by atoms with Crippen molar-refractivity contribution in [3.05, 3.63) is 24.4 Å². The lowest BCUT2D eigenvalue weighted by molar-refractivity contribution is -0.120. The second-order valence-electron chi connectivity index (χ2n) is 9.16. The minimum atomic E-state index is -0.879. The standard InChI is InChI=1S/C26H42Cl2N2O/c1-2-3-4-5-6-7-8-9-10-11-12-13-14-16-19-26(28)23(21-27)22-30(25(26)31)24-18-15-17-20-29-24/h15,17-18,20,23H,2-14,16,19,21-22H2,1H3/t23-,26-/m0/s1. The van der Waals surface area contributed by atoms with E-state index in [1.54, 1.807) is 11.1 Å². The smallest absolute Gasteiger partial charge is 0.249 e. The first kappa shape index (κ1) is 26.5. The Balaban J connectivity index is 1.56. The van der Waals surface area contributed by atoms with Gasteiger partial charge in [0.25, 0.3) is 0 Å². The van der Waals surface area contributed by atoms with Gasteiger partial charge >= 0.3 is 0 Å². The summed E-state index contributed by atoms with van der Waals surface area (Å²) in [5, 5.41) is 0. The SMILES string of the molecule is CCCCCCCCCCCCCCCC[C@@]1(Cl)C(=O)N(c2ccccn2)C[C@@H]1CCl. The molecular weight excluding hydrogens is 427 g/mol. The van der Waals surface area contributed by atoms with E-state index in [9.17, 15) is 4.79 Å². The molecule has 0 saturated carbocycles. The van der Waals surface area contributed by atoms with Gasteiger partial charge in [-0.2, -0.15) is 0 Å². The second-order valence-corrected chi connectivity index (χ2v) is 10.1. The highest BCUT2D eigenvalue weighted by molar-refractivity contribution is 6.38. The number of halogens is 2. The summed E-state index contributed by atoms with van der Waals surface area (Å²) in [6, 6.07) is 5.61. The summed E-state index contributed by atoms with van der Waals surface area (Å²) in [7, 11) is 0. The van der Waals surface area contributed by atoms with Gasteiger partial charge in [0.15, 0.2) is 0 Å². The normalized spacial score (nSPS) is 21.2. The van der Waals surface area contributed by atoms with E-state index in [0.717, 1.165) is 12.8 Å². The molecule has 1 aromatic heterocycles. The zero-order chi connectivity index (χ0) is 22.4. The van der Waals surface area contributed by atoms with E-state index in [-0.39, 0.29) is 11.8 Å². The van der Waals surface area contributed by atoms with Crippen LogP contribution in [0.3, 0.4) is 0 Å². The molecular formula is C26H42Cl2N2O. The van der Waals surface area contributed by atoms with Crippen molar-refractivity contribution in [2.45, 2.75) is 108 Å². The molecule has 2 heterocycles. The van der Waals surface area contributed by atoms with Crippen molar-refractivity contribution in [1.29, 1.82) is 0 Å². The van der Waals surface area contributed by atoms with E-state index in [1.165, 1.54) is 77.0 Å². The second kappa shape index (κ2) is 15.1. The number of alkyl halides is 2. The first-order valence-electron chi connectivity index (χ1n) is 12.6. The molecule has 1 aromatic rings. The van der Waals surface area contributed by atoms with Crippen molar-refractivity contribution in [1.82, 2.24) is 4.98 Å². The van der Waals surface area contributed by atoms with Crippen molar-refractivity contribution < 1.29 is 4.79 Å². The number of carbonyl (C=O) groups excluding carboxylic acids is 1. The monoisotopic (exact) mass is 468 g/mol. The maximum atomic E-state index is 13.1. The molecule has 2 atom stereocenters. The van der Waals surface area contributed by atoms with Crippen molar-refractivity contribution in [3.8, 4) is 0 Å². The van der Waals surface area contributed by atoms with Crippen LogP contribution in [-0.4, -0.2) is 28.2 Å². The minimum absolute atomic E-state index is 0.0341. The Bertz CT molecular complexity index is 613. The lowest BCUT2D eigenvalue weighted by atomic mass is 9.90. The van der Waals surface area contributed by atoms with Gasteiger partial charge in [0.2, 0.25) is 5.91 Å². The van der Waals surface area contributed by atoms with Crippen LogP contribution >= 0.6 is 23.2 Å². The number of carbonyl (C=O) groups is 1. The molecule has 0 aliphatic carbocycles. The Labute approximate surface area is 200 Å². The molecule has 176 valence electrons. The molecule has 2 rings (SSSR count). The summed E-state index contributed by atoms with van der Waals surface area (Å²) in [6.07, 6.45) is 20.9. The highest BCUT2D eigenvalue weighted by atomic mass is 35.5. The van der Waals surface area contributed by atoms with Gasteiger partial charge in [-0.1, -0.05) is 103 Å². The third-order valence-corrected chi connectivity index (χ3v) is 7.69. The molecule has 0 bridgehead atoms. The molecule has 0 spiro atoms. The summed E-state index contributed by atoms with van der Waals surface area (Å²) in [6.45, 7) is 2.83. The maximum Gasteiger partial charge on any atom is 0.249 e. The van der Waals surface area contributed by atoms with E-state index >= 15 is 0 Å². The fraction of sp³-hybridized carbons (Fsp3) is 0.769. The third kappa shape index (κ3) is 8.57. The predicted molar refractivity (Wildman–Crippen MR) is 134 cm³/mol. The Morgan fingerprint density at radius 1 is 0.935 bits per heavy atom. The molecule has 31 heavy (non-hydrogen) atoms. The number of unbranched alkanes of at least 4 members (excludes halogenated alkanes) is 13. The van der Waals surface area contributed by atoms with E-state index in [0.29, 0.717) is 24.7 Å². The maximum absolute atomic E-state index is 13.1. The van der Waals surface area contributed by atoms with Crippen LogP contribution < -0.4 is 4.90 Å². The molecule has 1 aliphatic rings. The molecule has 0 radical (unpaired) electrons. The summed E-state index contributed by atoms with van der Waals surface area (Å²) < 4.78 is 0. The Kier molecular flexibility index (Phi) is 12.9. The fourth-order valence-corrected chi connectivity index (χ4v) is 5.44. The molecule has 0 N–H and O–H groups in total. The van der Waals surface area contributed by atoms with Crippen LogP contribution in [0.4, 0.5) is 5.82 Å². The van der Waals surface area contributed by atoms with E-state index < -0.39 is 4.87 Å². The molecule has 5 heteroatoms. The average Bonchev–Trinajstić information content (AvgIpc) is 3.05. The summed E-state index contributed by atoms with van der Waals surface area (Å²) in [5.41, 5.74) is 0. The predicted octanol–water partition coefficient (Wildman–Crippen LogP) is 8.13. The molecule has 1 aliphatic heterocycles. The lowest BCUT2D eigenvalue weighted by Gasteiger charge is -2.24. The summed E-state index contributed by atoms with van der Waals surface area (Å²) >= 11 is 13.1. The number of nitrogens with zero attached hydrogens (tertiary/aromatic N) is 2. The van der Waals surface area contributed by atoms with Gasteiger partial charge < -0.3 is 0 Å². The van der Waals surface area contributed by atoms with Gasteiger partial charge in [-0.15, -0.1) is 23.2 Å². The van der Waals surface area contributed by atoms with Crippen LogP contribution in [0.25, 0.3) is 0 Å². The Morgan fingerprint density at radius 2 is 1.48 bits per heavy atom. The zero-order valence-electron chi connectivity index (χ0n) is 19.5. The number of pyridine rings is 1. The van der Waals surface area contributed by atoms with Gasteiger partial charge in [0.1, 0.15) is 10.7 Å². The first-order chi connectivity index (χ1) is 15.1. The largest absolute Gasteiger partial charge is 0.295 e. The number of anilines is 1. The number of rotatable bonds is 17. The third-order valence-electron chi connectivity index (χ3n) is 6.66. The highest BCUT2D eigenvalue weighted by Gasteiger charge is 2.52. The molecule has 3 nitrogen and oxygen atoms in total. The Hall–Kier alpha value is -0.800. The fourth-order valence-electron chi connectivity index (χ4n) is 4.62. The van der Waals surface area contributed by atoms with Gasteiger partial charge in [0.05, 0.1) is 0 Å². The van der Waals surface area contributed by atoms with Gasteiger partial charge in [0, 0.05) is 24.5 Å². The number of amides is 1. The molecule has 1 fully saturated rings. The molecule has 0 unspecified atom stereocenters. The van der Waals surface area contributed by atoms with Gasteiger partial charge in [-0.05, 0) is 18.6 Å². The zero-order valence-corrected chi connectivity index (χ0v) is 21.0. The van der Waals surface area contributed by atoms with Crippen LogP contribution in [0.15, 0.2) is 24.4 Å². The van der Waals surface area contributed by atoms with Crippen LogP contribution in [0, 0.1) is 5.92 Å². The van der Waals surface area contributed by atoms with Gasteiger partial charge in [-0.3, -0.25) is 9.69 Å². The molecule has 1 amide bonds. The summed E-state index contributed by atoms with van der Waals surface area (Å²) in [5.74, 6) is 1.00. The number of hydrogen-bond acceptors (Lipinski definition) is 2. The van der Waals surface area contributed by atoms with Crippen molar-refractivity contribution >= 4 is 34.9 Å². The lowest BCUT2D eigenvalue weighted by Crippen LogP contribution is -2.39. The topological polar surface area (TPSA) is 33.2 Å². The van der Waals surface area contributed by atoms with Crippen LogP contribution in [0.5, 0.6) is 0 Å². The van der Waals surface area contributed by atoms with Gasteiger partial charge in [-0.25, -0.2) is 4.98 Å². The number of hydrogen-bond donors (Lipinski definition) is 0. The summed E-state index contributed by atoms with van der Waals surface area (Å²) in [4.78, 5) is 18.2. The van der Waals surface area contributed by atoms with Crippen molar-refractivity contribution in [2.24, 2.45) is 5.92 Å². The van der Waals surface area contributed by atoms with Crippen LogP contribution in [-0.2, 0) is 4.79 Å². The van der Waals surface area contributed by atoms with Crippen molar-refractivity contribution in [3.63, 3.8) is 0 Å². The first-order valence-corrected chi connectivity index (χ1v) is 13.5. The molecule has 1 saturated heterocycles. The highest BCUT2D eigenvalue weighted by Crippen LogP contribution is 2.41. The van der Waals surface area contributed by atoms with Crippen LogP contribution in [0.2, 0.25) is 0 Å². The quantitative estimate of drug-likeness (QED) is 0.170. The average molecular weight is 470 g/mol.